The summed E-state index contributed by atoms with van der Waals surface area (Å²) in [6.07, 6.45) is 2.15. The summed E-state index contributed by atoms with van der Waals surface area (Å²) >= 11 is 0. The molecule has 1 rings (SSSR count). The number of hydrogen-bond donors (Lipinski definition) is 0. The highest BCUT2D eigenvalue weighted by Crippen LogP contribution is 2.24. The minimum Gasteiger partial charge on any atom is -0.294 e. The second-order valence-corrected chi connectivity index (χ2v) is 3.21. The Morgan fingerprint density at radius 1 is 1.40 bits per heavy atom. The zero-order chi connectivity index (χ0) is 7.72. The van der Waals surface area contributed by atoms with Crippen molar-refractivity contribution in [1.29, 1.82) is 0 Å². The third kappa shape index (κ3) is 1.13. The van der Waals surface area contributed by atoms with Crippen LogP contribution >= 0.6 is 0 Å². The molecule has 0 radical (unpaired) electrons. The SMILES string of the molecule is CC1=C(C)C(=O)[C@@H](C)CC1. The standard InChI is InChI=1S/C9H14O/c1-6-4-5-7(2)9(10)8(6)3/h7H,4-5H2,1-3H3/t7-/m0/s1. The van der Waals surface area contributed by atoms with Crippen molar-refractivity contribution in [1.82, 2.24) is 0 Å². The molecule has 0 spiro atoms. The van der Waals surface area contributed by atoms with Gasteiger partial charge in [0.05, 0.1) is 0 Å². The fourth-order valence-electron chi connectivity index (χ4n) is 1.33. The fourth-order valence-corrected chi connectivity index (χ4v) is 1.33. The molecule has 0 saturated heterocycles. The number of Topliss-reactive ketones (excluding diaryl/α,β-unsaturated/α-hetero) is 1. The zero-order valence-corrected chi connectivity index (χ0v) is 6.90. The van der Waals surface area contributed by atoms with Crippen LogP contribution in [0.3, 0.4) is 0 Å². The molecule has 0 fully saturated rings. The first-order valence-electron chi connectivity index (χ1n) is 3.83. The van der Waals surface area contributed by atoms with Crippen molar-refractivity contribution in [3.05, 3.63) is 11.1 Å². The van der Waals surface area contributed by atoms with E-state index in [-0.39, 0.29) is 5.92 Å². The van der Waals surface area contributed by atoms with Crippen LogP contribution in [0.1, 0.15) is 33.6 Å². The summed E-state index contributed by atoms with van der Waals surface area (Å²) in [5, 5.41) is 0. The first-order chi connectivity index (χ1) is 4.63. The molecule has 0 aliphatic heterocycles. The molecule has 1 heteroatoms. The molecule has 0 N–H and O–H groups in total. The minimum atomic E-state index is 0.267. The molecule has 1 aliphatic rings. The Kier molecular flexibility index (Phi) is 1.93. The Morgan fingerprint density at radius 3 is 2.50 bits per heavy atom. The molecule has 10 heavy (non-hydrogen) atoms. The van der Waals surface area contributed by atoms with E-state index in [2.05, 4.69) is 6.92 Å². The van der Waals surface area contributed by atoms with Crippen molar-refractivity contribution >= 4 is 5.78 Å². The van der Waals surface area contributed by atoms with E-state index in [1.165, 1.54) is 5.57 Å². The van der Waals surface area contributed by atoms with E-state index in [1.807, 2.05) is 13.8 Å². The maximum atomic E-state index is 11.3. The summed E-state index contributed by atoms with van der Waals surface area (Å²) in [4.78, 5) is 11.3. The molecule has 0 aromatic heterocycles. The van der Waals surface area contributed by atoms with Crippen molar-refractivity contribution in [3.8, 4) is 0 Å². The largest absolute Gasteiger partial charge is 0.294 e. The maximum absolute atomic E-state index is 11.3. The summed E-state index contributed by atoms with van der Waals surface area (Å²) < 4.78 is 0. The predicted octanol–water partition coefficient (Wildman–Crippen LogP) is 2.32. The highest BCUT2D eigenvalue weighted by atomic mass is 16.1. The molecule has 0 aromatic carbocycles. The molecule has 0 bridgehead atoms. The van der Waals surface area contributed by atoms with E-state index in [0.717, 1.165) is 18.4 Å². The van der Waals surface area contributed by atoms with Gasteiger partial charge in [-0.1, -0.05) is 12.5 Å². The molecule has 0 heterocycles. The molecule has 1 atom stereocenters. The lowest BCUT2D eigenvalue weighted by Gasteiger charge is -2.18. The van der Waals surface area contributed by atoms with Crippen LogP contribution in [0.4, 0.5) is 0 Å². The van der Waals surface area contributed by atoms with Gasteiger partial charge in [-0.3, -0.25) is 4.79 Å². The molecule has 0 amide bonds. The van der Waals surface area contributed by atoms with Crippen LogP contribution in [0.5, 0.6) is 0 Å². The van der Waals surface area contributed by atoms with Gasteiger partial charge in [-0.15, -0.1) is 0 Å². The zero-order valence-electron chi connectivity index (χ0n) is 6.90. The van der Waals surface area contributed by atoms with Crippen LogP contribution in [0, 0.1) is 5.92 Å². The Hall–Kier alpha value is -0.590. The predicted molar refractivity (Wildman–Crippen MR) is 41.8 cm³/mol. The fraction of sp³-hybridized carbons (Fsp3) is 0.667. The number of allylic oxidation sites excluding steroid dienone is 2. The topological polar surface area (TPSA) is 17.1 Å². The summed E-state index contributed by atoms with van der Waals surface area (Å²) in [5.74, 6) is 0.618. The number of ketones is 1. The Morgan fingerprint density at radius 2 is 2.00 bits per heavy atom. The van der Waals surface area contributed by atoms with Crippen LogP contribution in [0.2, 0.25) is 0 Å². The highest BCUT2D eigenvalue weighted by molar-refractivity contribution is 5.97. The van der Waals surface area contributed by atoms with Crippen LogP contribution in [0.25, 0.3) is 0 Å². The molecule has 1 aliphatic carbocycles. The van der Waals surface area contributed by atoms with Gasteiger partial charge >= 0.3 is 0 Å². The average molecular weight is 138 g/mol. The summed E-state index contributed by atoms with van der Waals surface area (Å²) in [7, 11) is 0. The molecular weight excluding hydrogens is 124 g/mol. The number of carbonyl (C=O) groups excluding carboxylic acids is 1. The normalized spacial score (nSPS) is 27.5. The molecule has 0 saturated carbocycles. The first-order valence-corrected chi connectivity index (χ1v) is 3.83. The Bertz CT molecular complexity index is 189. The average Bonchev–Trinajstić information content (AvgIpc) is 1.93. The van der Waals surface area contributed by atoms with Crippen LogP contribution in [0.15, 0.2) is 11.1 Å². The second kappa shape index (κ2) is 2.57. The van der Waals surface area contributed by atoms with Crippen molar-refractivity contribution in [2.45, 2.75) is 33.6 Å². The summed E-state index contributed by atoms with van der Waals surface area (Å²) in [6, 6.07) is 0. The van der Waals surface area contributed by atoms with Crippen molar-refractivity contribution in [2.24, 2.45) is 5.92 Å². The van der Waals surface area contributed by atoms with Gasteiger partial charge in [0.2, 0.25) is 0 Å². The van der Waals surface area contributed by atoms with Gasteiger partial charge in [0.15, 0.2) is 5.78 Å². The molecule has 0 unspecified atom stereocenters. The van der Waals surface area contributed by atoms with E-state index in [1.54, 1.807) is 0 Å². The Labute approximate surface area is 62.1 Å². The van der Waals surface area contributed by atoms with Crippen LogP contribution in [-0.2, 0) is 4.79 Å². The van der Waals surface area contributed by atoms with E-state index in [4.69, 9.17) is 0 Å². The van der Waals surface area contributed by atoms with Crippen molar-refractivity contribution in [2.75, 3.05) is 0 Å². The van der Waals surface area contributed by atoms with Gasteiger partial charge in [0, 0.05) is 5.92 Å². The monoisotopic (exact) mass is 138 g/mol. The van der Waals surface area contributed by atoms with E-state index >= 15 is 0 Å². The van der Waals surface area contributed by atoms with Gasteiger partial charge in [-0.2, -0.15) is 0 Å². The third-order valence-electron chi connectivity index (χ3n) is 2.41. The lowest BCUT2D eigenvalue weighted by atomic mass is 9.85. The van der Waals surface area contributed by atoms with E-state index in [0.29, 0.717) is 5.78 Å². The summed E-state index contributed by atoms with van der Waals surface area (Å²) in [6.45, 7) is 6.00. The maximum Gasteiger partial charge on any atom is 0.161 e. The lowest BCUT2D eigenvalue weighted by molar-refractivity contribution is -0.119. The first kappa shape index (κ1) is 7.52. The lowest BCUT2D eigenvalue weighted by Crippen LogP contribution is -2.17. The van der Waals surface area contributed by atoms with Gasteiger partial charge < -0.3 is 0 Å². The molecule has 1 nitrogen and oxygen atoms in total. The van der Waals surface area contributed by atoms with Gasteiger partial charge in [0.1, 0.15) is 0 Å². The van der Waals surface area contributed by atoms with E-state index < -0.39 is 0 Å². The molecule has 56 valence electrons. The smallest absolute Gasteiger partial charge is 0.161 e. The molecular formula is C9H14O. The summed E-state index contributed by atoms with van der Waals surface area (Å²) in [5.41, 5.74) is 2.28. The van der Waals surface area contributed by atoms with Gasteiger partial charge in [0.25, 0.3) is 0 Å². The third-order valence-corrected chi connectivity index (χ3v) is 2.41. The van der Waals surface area contributed by atoms with Crippen LogP contribution in [-0.4, -0.2) is 5.78 Å². The van der Waals surface area contributed by atoms with Crippen molar-refractivity contribution in [3.63, 3.8) is 0 Å². The quantitative estimate of drug-likeness (QED) is 0.502. The number of carbonyl (C=O) groups is 1. The minimum absolute atomic E-state index is 0.267. The van der Waals surface area contributed by atoms with E-state index in [9.17, 15) is 4.79 Å². The second-order valence-electron chi connectivity index (χ2n) is 3.21. The van der Waals surface area contributed by atoms with Gasteiger partial charge in [-0.25, -0.2) is 0 Å². The number of rotatable bonds is 0. The molecule has 0 aromatic rings. The Balaban J connectivity index is 2.88. The highest BCUT2D eigenvalue weighted by Gasteiger charge is 2.20. The van der Waals surface area contributed by atoms with Crippen molar-refractivity contribution < 1.29 is 4.79 Å². The van der Waals surface area contributed by atoms with Gasteiger partial charge in [-0.05, 0) is 32.3 Å². The number of hydrogen-bond acceptors (Lipinski definition) is 1. The van der Waals surface area contributed by atoms with Crippen LogP contribution < -0.4 is 0 Å².